The maximum absolute atomic E-state index is 10.7. The number of ether oxygens (including phenoxy) is 1. The molecule has 2 nitrogen and oxygen atoms in total. The Morgan fingerprint density at radius 1 is 1.50 bits per heavy atom. The van der Waals surface area contributed by atoms with Gasteiger partial charge in [0.2, 0.25) is 0 Å². The van der Waals surface area contributed by atoms with Gasteiger partial charge in [0.15, 0.2) is 5.78 Å². The highest BCUT2D eigenvalue weighted by molar-refractivity contribution is 9.10. The van der Waals surface area contributed by atoms with Crippen molar-refractivity contribution in [2.45, 2.75) is 6.92 Å². The van der Waals surface area contributed by atoms with Crippen molar-refractivity contribution >= 4 is 27.8 Å². The van der Waals surface area contributed by atoms with Crippen molar-refractivity contribution in [2.75, 3.05) is 7.11 Å². The van der Waals surface area contributed by atoms with Gasteiger partial charge in [0.1, 0.15) is 5.75 Å². The lowest BCUT2D eigenvalue weighted by atomic mass is 10.2. The molecule has 0 atom stereocenters. The molecule has 0 fully saturated rings. The summed E-state index contributed by atoms with van der Waals surface area (Å²) in [6.45, 7) is 1.52. The number of hydrogen-bond donors (Lipinski definition) is 0. The first kappa shape index (κ1) is 11.0. The van der Waals surface area contributed by atoms with E-state index in [1.54, 1.807) is 13.2 Å². The summed E-state index contributed by atoms with van der Waals surface area (Å²) in [7, 11) is 1.61. The van der Waals surface area contributed by atoms with Crippen LogP contribution in [0.4, 0.5) is 0 Å². The molecule has 0 aliphatic heterocycles. The van der Waals surface area contributed by atoms with E-state index in [1.165, 1.54) is 13.0 Å². The van der Waals surface area contributed by atoms with Crippen LogP contribution >= 0.6 is 15.9 Å². The Labute approximate surface area is 91.7 Å². The quantitative estimate of drug-likeness (QED) is 0.776. The second-order valence-corrected chi connectivity index (χ2v) is 3.69. The molecule has 0 bridgehead atoms. The minimum Gasteiger partial charge on any atom is -0.497 e. The lowest BCUT2D eigenvalue weighted by Crippen LogP contribution is -1.85. The maximum Gasteiger partial charge on any atom is 0.152 e. The molecule has 0 aliphatic carbocycles. The van der Waals surface area contributed by atoms with Gasteiger partial charge in [-0.25, -0.2) is 0 Å². The molecular formula is C11H11BrO2. The molecule has 0 aromatic heterocycles. The average molecular weight is 255 g/mol. The van der Waals surface area contributed by atoms with Crippen LogP contribution in [0, 0.1) is 0 Å². The highest BCUT2D eigenvalue weighted by Crippen LogP contribution is 2.23. The van der Waals surface area contributed by atoms with Crippen LogP contribution in [-0.2, 0) is 4.79 Å². The van der Waals surface area contributed by atoms with Gasteiger partial charge >= 0.3 is 0 Å². The molecule has 0 spiro atoms. The third-order valence-corrected chi connectivity index (χ3v) is 2.42. The third-order valence-electron chi connectivity index (χ3n) is 1.70. The van der Waals surface area contributed by atoms with E-state index < -0.39 is 0 Å². The minimum atomic E-state index is 0.0275. The van der Waals surface area contributed by atoms with Gasteiger partial charge in [-0.1, -0.05) is 22.0 Å². The van der Waals surface area contributed by atoms with E-state index in [2.05, 4.69) is 15.9 Å². The molecule has 1 aromatic rings. The lowest BCUT2D eigenvalue weighted by molar-refractivity contribution is -0.112. The number of ketones is 1. The Morgan fingerprint density at radius 2 is 2.21 bits per heavy atom. The van der Waals surface area contributed by atoms with E-state index in [4.69, 9.17) is 4.74 Å². The molecule has 0 heterocycles. The summed E-state index contributed by atoms with van der Waals surface area (Å²) >= 11 is 3.39. The minimum absolute atomic E-state index is 0.0275. The number of halogens is 1. The lowest BCUT2D eigenvalue weighted by Gasteiger charge is -2.02. The molecule has 0 N–H and O–H groups in total. The van der Waals surface area contributed by atoms with E-state index in [0.717, 1.165) is 15.8 Å². The molecule has 0 unspecified atom stereocenters. The highest BCUT2D eigenvalue weighted by atomic mass is 79.9. The largest absolute Gasteiger partial charge is 0.497 e. The van der Waals surface area contributed by atoms with E-state index in [1.807, 2.05) is 18.2 Å². The van der Waals surface area contributed by atoms with Gasteiger partial charge in [0.05, 0.1) is 7.11 Å². The number of rotatable bonds is 3. The Balaban J connectivity index is 3.00. The Bertz CT molecular complexity index is 370. The third kappa shape index (κ3) is 3.00. The molecule has 0 radical (unpaired) electrons. The zero-order valence-electron chi connectivity index (χ0n) is 8.08. The van der Waals surface area contributed by atoms with Crippen molar-refractivity contribution in [2.24, 2.45) is 0 Å². The van der Waals surface area contributed by atoms with E-state index in [9.17, 15) is 4.79 Å². The summed E-state index contributed by atoms with van der Waals surface area (Å²) in [5.41, 5.74) is 0.930. The van der Waals surface area contributed by atoms with Crippen molar-refractivity contribution in [3.63, 3.8) is 0 Å². The predicted molar refractivity (Wildman–Crippen MR) is 60.4 cm³/mol. The zero-order chi connectivity index (χ0) is 10.6. The standard InChI is InChI=1S/C11H11BrO2/c1-8(13)3-4-9-7-10(14-2)5-6-11(9)12/h3-7H,1-2H3/b4-3+. The second kappa shape index (κ2) is 4.96. The molecule has 14 heavy (non-hydrogen) atoms. The van der Waals surface area contributed by atoms with E-state index >= 15 is 0 Å². The second-order valence-electron chi connectivity index (χ2n) is 2.83. The van der Waals surface area contributed by atoms with Crippen LogP contribution in [0.1, 0.15) is 12.5 Å². The van der Waals surface area contributed by atoms with Crippen molar-refractivity contribution < 1.29 is 9.53 Å². The first-order valence-corrected chi connectivity index (χ1v) is 4.95. The SMILES string of the molecule is COc1ccc(Br)c(/C=C/C(C)=O)c1. The van der Waals surface area contributed by atoms with Crippen molar-refractivity contribution in [3.05, 3.63) is 34.3 Å². The molecule has 3 heteroatoms. The molecule has 74 valence electrons. The molecule has 0 saturated heterocycles. The fourth-order valence-corrected chi connectivity index (χ4v) is 1.36. The van der Waals surface area contributed by atoms with E-state index in [0.29, 0.717) is 0 Å². The zero-order valence-corrected chi connectivity index (χ0v) is 9.67. The van der Waals surface area contributed by atoms with Crippen LogP contribution in [-0.4, -0.2) is 12.9 Å². The molecule has 1 aromatic carbocycles. The van der Waals surface area contributed by atoms with Crippen LogP contribution in [0.5, 0.6) is 5.75 Å². The molecular weight excluding hydrogens is 244 g/mol. The number of hydrogen-bond acceptors (Lipinski definition) is 2. The van der Waals surface area contributed by atoms with Gasteiger partial charge in [-0.2, -0.15) is 0 Å². The summed E-state index contributed by atoms with van der Waals surface area (Å²) in [5, 5.41) is 0. The van der Waals surface area contributed by atoms with Gasteiger partial charge in [-0.05, 0) is 36.8 Å². The fourth-order valence-electron chi connectivity index (χ4n) is 0.984. The number of allylic oxidation sites excluding steroid dienone is 1. The average Bonchev–Trinajstić information content (AvgIpc) is 2.16. The van der Waals surface area contributed by atoms with Crippen LogP contribution in [0.2, 0.25) is 0 Å². The van der Waals surface area contributed by atoms with Gasteiger partial charge < -0.3 is 4.74 Å². The fraction of sp³-hybridized carbons (Fsp3) is 0.182. The first-order valence-electron chi connectivity index (χ1n) is 4.15. The summed E-state index contributed by atoms with van der Waals surface area (Å²) in [6, 6.07) is 5.61. The normalized spacial score (nSPS) is 10.5. The van der Waals surface area contributed by atoms with Crippen molar-refractivity contribution in [3.8, 4) is 5.75 Å². The Morgan fingerprint density at radius 3 is 2.79 bits per heavy atom. The topological polar surface area (TPSA) is 26.3 Å². The van der Waals surface area contributed by atoms with Gasteiger partial charge in [0.25, 0.3) is 0 Å². The number of carbonyl (C=O) groups is 1. The van der Waals surface area contributed by atoms with Gasteiger partial charge in [0, 0.05) is 4.47 Å². The van der Waals surface area contributed by atoms with Crippen molar-refractivity contribution in [1.82, 2.24) is 0 Å². The molecule has 0 saturated carbocycles. The van der Waals surface area contributed by atoms with Crippen LogP contribution in [0.15, 0.2) is 28.7 Å². The maximum atomic E-state index is 10.7. The van der Waals surface area contributed by atoms with Crippen LogP contribution in [0.25, 0.3) is 6.08 Å². The Hall–Kier alpha value is -1.09. The molecule has 0 amide bonds. The van der Waals surface area contributed by atoms with Crippen LogP contribution in [0.3, 0.4) is 0 Å². The number of methoxy groups -OCH3 is 1. The van der Waals surface area contributed by atoms with Crippen molar-refractivity contribution in [1.29, 1.82) is 0 Å². The van der Waals surface area contributed by atoms with E-state index in [-0.39, 0.29) is 5.78 Å². The highest BCUT2D eigenvalue weighted by Gasteiger charge is 1.98. The predicted octanol–water partition coefficient (Wildman–Crippen LogP) is 3.06. The summed E-state index contributed by atoms with van der Waals surface area (Å²) in [4.78, 5) is 10.7. The number of carbonyl (C=O) groups excluding carboxylic acids is 1. The molecule has 0 aliphatic rings. The Kier molecular flexibility index (Phi) is 3.89. The summed E-state index contributed by atoms with van der Waals surface area (Å²) < 4.78 is 6.02. The van der Waals surface area contributed by atoms with Crippen LogP contribution < -0.4 is 4.74 Å². The number of benzene rings is 1. The monoisotopic (exact) mass is 254 g/mol. The summed E-state index contributed by atoms with van der Waals surface area (Å²) in [6.07, 6.45) is 3.29. The van der Waals surface area contributed by atoms with Gasteiger partial charge in [-0.15, -0.1) is 0 Å². The first-order chi connectivity index (χ1) is 6.63. The smallest absolute Gasteiger partial charge is 0.152 e. The van der Waals surface area contributed by atoms with Gasteiger partial charge in [-0.3, -0.25) is 4.79 Å². The summed E-state index contributed by atoms with van der Waals surface area (Å²) in [5.74, 6) is 0.802. The molecule has 1 rings (SSSR count).